The molecule has 1 unspecified atom stereocenters. The number of nitro groups is 1. The van der Waals surface area contributed by atoms with Gasteiger partial charge in [-0.3, -0.25) is 10.1 Å². The van der Waals surface area contributed by atoms with Crippen LogP contribution in [0.25, 0.3) is 0 Å². The fraction of sp³-hybridized carbons (Fsp3) is 0.500. The maximum Gasteiger partial charge on any atom is 0.274 e. The van der Waals surface area contributed by atoms with Crippen molar-refractivity contribution in [1.82, 2.24) is 0 Å². The molecular weight excluding hydrogens is 300 g/mol. The van der Waals surface area contributed by atoms with Crippen LogP contribution in [-0.4, -0.2) is 24.2 Å². The summed E-state index contributed by atoms with van der Waals surface area (Å²) in [6, 6.07) is 3.32. The molecule has 0 radical (unpaired) electrons. The molecule has 1 atom stereocenters. The van der Waals surface area contributed by atoms with Gasteiger partial charge >= 0.3 is 0 Å². The lowest BCUT2D eigenvalue weighted by atomic mass is 10.1. The van der Waals surface area contributed by atoms with Gasteiger partial charge in [-0.25, -0.2) is 0 Å². The summed E-state index contributed by atoms with van der Waals surface area (Å²) in [4.78, 5) is 10.5. The second-order valence-electron chi connectivity index (χ2n) is 4.39. The van der Waals surface area contributed by atoms with E-state index in [4.69, 9.17) is 4.74 Å². The van der Waals surface area contributed by atoms with Gasteiger partial charge in [-0.2, -0.15) is 0 Å². The molecule has 0 amide bonds. The van der Waals surface area contributed by atoms with Crippen molar-refractivity contribution in [1.29, 1.82) is 0 Å². The number of aryl methyl sites for hydroxylation is 1. The molecule has 6 heteroatoms. The Labute approximate surface area is 114 Å². The van der Waals surface area contributed by atoms with Crippen LogP contribution in [0, 0.1) is 17.0 Å². The average molecular weight is 315 g/mol. The van der Waals surface area contributed by atoms with Crippen molar-refractivity contribution in [3.63, 3.8) is 0 Å². The first-order valence-corrected chi connectivity index (χ1v) is 6.67. The van der Waals surface area contributed by atoms with E-state index in [0.29, 0.717) is 12.1 Å². The number of hydrogen-bond acceptors (Lipinski definition) is 4. The Morgan fingerprint density at radius 1 is 1.61 bits per heavy atom. The lowest BCUT2D eigenvalue weighted by Gasteiger charge is -2.13. The molecule has 1 fully saturated rings. The minimum Gasteiger partial charge on any atom is -0.381 e. The number of halogens is 1. The van der Waals surface area contributed by atoms with Gasteiger partial charge in [-0.1, -0.05) is 0 Å². The molecule has 1 aliphatic heterocycles. The number of anilines is 1. The minimum absolute atomic E-state index is 0.132. The van der Waals surface area contributed by atoms with E-state index < -0.39 is 0 Å². The lowest BCUT2D eigenvalue weighted by molar-refractivity contribution is -0.385. The van der Waals surface area contributed by atoms with Crippen LogP contribution in [0.3, 0.4) is 0 Å². The third-order valence-electron chi connectivity index (χ3n) is 3.03. The molecule has 1 aromatic carbocycles. The van der Waals surface area contributed by atoms with Crippen molar-refractivity contribution < 1.29 is 9.66 Å². The summed E-state index contributed by atoms with van der Waals surface area (Å²) < 4.78 is 6.34. The summed E-state index contributed by atoms with van der Waals surface area (Å²) in [7, 11) is 0. The molecular formula is C12H15BrN2O3. The van der Waals surface area contributed by atoms with E-state index >= 15 is 0 Å². The predicted molar refractivity (Wildman–Crippen MR) is 73.0 cm³/mol. The summed E-state index contributed by atoms with van der Waals surface area (Å²) in [5.41, 5.74) is 1.52. The van der Waals surface area contributed by atoms with Crippen molar-refractivity contribution >= 4 is 27.3 Å². The molecule has 0 spiro atoms. The Hall–Kier alpha value is -1.14. The number of nitrogens with zero attached hydrogens (tertiary/aromatic N) is 1. The van der Waals surface area contributed by atoms with E-state index in [1.54, 1.807) is 19.1 Å². The van der Waals surface area contributed by atoms with Crippen LogP contribution in [0.4, 0.5) is 11.4 Å². The quantitative estimate of drug-likeness (QED) is 0.684. The first-order valence-electron chi connectivity index (χ1n) is 5.88. The molecule has 1 aromatic rings. The molecule has 18 heavy (non-hydrogen) atoms. The van der Waals surface area contributed by atoms with Gasteiger partial charge in [0.15, 0.2) is 0 Å². The molecule has 2 rings (SSSR count). The van der Waals surface area contributed by atoms with E-state index in [9.17, 15) is 10.1 Å². The average Bonchev–Trinajstić information content (AvgIpc) is 2.80. The molecule has 1 saturated heterocycles. The highest BCUT2D eigenvalue weighted by Crippen LogP contribution is 2.30. The number of ether oxygens (including phenoxy) is 1. The van der Waals surface area contributed by atoms with Gasteiger partial charge in [-0.15, -0.1) is 0 Å². The van der Waals surface area contributed by atoms with Gasteiger partial charge in [0, 0.05) is 29.3 Å². The van der Waals surface area contributed by atoms with Crippen LogP contribution in [0.2, 0.25) is 0 Å². The molecule has 1 heterocycles. The number of nitrogens with one attached hydrogen (secondary N) is 1. The molecule has 1 N–H and O–H groups in total. The molecule has 0 aromatic heterocycles. The van der Waals surface area contributed by atoms with Gasteiger partial charge < -0.3 is 10.1 Å². The van der Waals surface area contributed by atoms with Crippen molar-refractivity contribution in [2.45, 2.75) is 25.9 Å². The number of hydrogen-bond donors (Lipinski definition) is 1. The number of nitro benzene ring substituents is 1. The molecule has 0 bridgehead atoms. The fourth-order valence-electron chi connectivity index (χ4n) is 2.02. The number of benzene rings is 1. The lowest BCUT2D eigenvalue weighted by Crippen LogP contribution is -2.18. The van der Waals surface area contributed by atoms with E-state index in [0.717, 1.165) is 29.6 Å². The first-order chi connectivity index (χ1) is 8.58. The zero-order valence-corrected chi connectivity index (χ0v) is 11.7. The first kappa shape index (κ1) is 13.3. The third-order valence-corrected chi connectivity index (χ3v) is 3.68. The zero-order valence-electron chi connectivity index (χ0n) is 10.1. The minimum atomic E-state index is -0.362. The highest BCUT2D eigenvalue weighted by Gasteiger charge is 2.17. The van der Waals surface area contributed by atoms with Crippen molar-refractivity contribution in [3.05, 3.63) is 32.3 Å². The van der Waals surface area contributed by atoms with Crippen LogP contribution < -0.4 is 5.32 Å². The van der Waals surface area contributed by atoms with Gasteiger partial charge in [0.1, 0.15) is 0 Å². The summed E-state index contributed by atoms with van der Waals surface area (Å²) >= 11 is 3.41. The molecule has 1 aliphatic rings. The number of rotatable bonds is 4. The van der Waals surface area contributed by atoms with E-state index in [1.807, 2.05) is 0 Å². The highest BCUT2D eigenvalue weighted by atomic mass is 79.9. The third kappa shape index (κ3) is 3.00. The van der Waals surface area contributed by atoms with Crippen molar-refractivity contribution in [3.8, 4) is 0 Å². The Morgan fingerprint density at radius 2 is 2.39 bits per heavy atom. The molecule has 98 valence electrons. The van der Waals surface area contributed by atoms with Gasteiger partial charge in [0.2, 0.25) is 0 Å². The SMILES string of the molecule is Cc1cc(Br)c(NCC2CCCO2)cc1[N+](=O)[O-]. The summed E-state index contributed by atoms with van der Waals surface area (Å²) in [5, 5.41) is 14.1. The van der Waals surface area contributed by atoms with Gasteiger partial charge in [0.05, 0.1) is 16.7 Å². The van der Waals surface area contributed by atoms with Gasteiger partial charge in [-0.05, 0) is 41.8 Å². The second kappa shape index (κ2) is 5.67. The Balaban J connectivity index is 2.11. The van der Waals surface area contributed by atoms with Crippen LogP contribution >= 0.6 is 15.9 Å². The van der Waals surface area contributed by atoms with Crippen molar-refractivity contribution in [2.24, 2.45) is 0 Å². The normalized spacial score (nSPS) is 18.9. The van der Waals surface area contributed by atoms with E-state index in [-0.39, 0.29) is 16.7 Å². The standard InChI is InChI=1S/C12H15BrN2O3/c1-8-5-10(13)11(6-12(8)15(16)17)14-7-9-3-2-4-18-9/h5-6,9,14H,2-4,7H2,1H3. The van der Waals surface area contributed by atoms with E-state index in [2.05, 4.69) is 21.2 Å². The fourth-order valence-corrected chi connectivity index (χ4v) is 2.62. The Morgan fingerprint density at radius 3 is 3.00 bits per heavy atom. The maximum atomic E-state index is 10.9. The molecule has 5 nitrogen and oxygen atoms in total. The van der Waals surface area contributed by atoms with Crippen LogP contribution in [0.1, 0.15) is 18.4 Å². The monoisotopic (exact) mass is 314 g/mol. The molecule has 0 aliphatic carbocycles. The summed E-state index contributed by atoms with van der Waals surface area (Å²) in [5.74, 6) is 0. The Kier molecular flexibility index (Phi) is 4.19. The Bertz CT molecular complexity index is 459. The largest absolute Gasteiger partial charge is 0.381 e. The summed E-state index contributed by atoms with van der Waals surface area (Å²) in [6.45, 7) is 3.22. The van der Waals surface area contributed by atoms with Crippen LogP contribution in [0.5, 0.6) is 0 Å². The van der Waals surface area contributed by atoms with Crippen LogP contribution in [-0.2, 0) is 4.74 Å². The van der Waals surface area contributed by atoms with E-state index in [1.165, 1.54) is 0 Å². The molecule has 0 saturated carbocycles. The maximum absolute atomic E-state index is 10.9. The predicted octanol–water partition coefficient (Wildman–Crippen LogP) is 3.26. The topological polar surface area (TPSA) is 64.4 Å². The zero-order chi connectivity index (χ0) is 13.1. The highest BCUT2D eigenvalue weighted by molar-refractivity contribution is 9.10. The van der Waals surface area contributed by atoms with Crippen LogP contribution in [0.15, 0.2) is 16.6 Å². The van der Waals surface area contributed by atoms with Crippen molar-refractivity contribution in [2.75, 3.05) is 18.5 Å². The smallest absolute Gasteiger partial charge is 0.274 e. The summed E-state index contributed by atoms with van der Waals surface area (Å²) in [6.07, 6.45) is 2.33. The van der Waals surface area contributed by atoms with Gasteiger partial charge in [0.25, 0.3) is 5.69 Å². The second-order valence-corrected chi connectivity index (χ2v) is 5.25.